The van der Waals surface area contributed by atoms with Crippen LogP contribution in [0.25, 0.3) is 0 Å². The average molecular weight is 448 g/mol. The van der Waals surface area contributed by atoms with E-state index in [9.17, 15) is 29.4 Å². The monoisotopic (exact) mass is 448 g/mol. The summed E-state index contributed by atoms with van der Waals surface area (Å²) < 4.78 is 0. The molecule has 6 heteroatoms. The van der Waals surface area contributed by atoms with Crippen LogP contribution in [0.3, 0.4) is 0 Å². The molecule has 2 aliphatic carbocycles. The van der Waals surface area contributed by atoms with E-state index in [2.05, 4.69) is 0 Å². The Morgan fingerprint density at radius 3 is 0.853 bits per heavy atom. The fraction of sp³-hybridized carbons (Fsp3) is 0. The number of benzene rings is 4. The Morgan fingerprint density at radius 2 is 0.588 bits per heavy atom. The topological polar surface area (TPSA) is 109 Å². The predicted molar refractivity (Wildman–Crippen MR) is 123 cm³/mol. The molecule has 164 valence electrons. The Kier molecular flexibility index (Phi) is 4.91. The van der Waals surface area contributed by atoms with Gasteiger partial charge in [0, 0.05) is 33.4 Å². The lowest BCUT2D eigenvalue weighted by Gasteiger charge is -2.18. The number of phenolic OH excluding ortho intramolecular Hbond substituents is 2. The van der Waals surface area contributed by atoms with Crippen LogP contribution in [0, 0.1) is 0 Å². The average Bonchev–Trinajstić information content (AvgIpc) is 2.87. The van der Waals surface area contributed by atoms with Crippen LogP contribution in [0.1, 0.15) is 63.7 Å². The summed E-state index contributed by atoms with van der Waals surface area (Å²) in [5.74, 6) is -1.62. The fourth-order valence-electron chi connectivity index (χ4n) is 4.24. The van der Waals surface area contributed by atoms with Gasteiger partial charge in [0.15, 0.2) is 23.1 Å². The van der Waals surface area contributed by atoms with Crippen molar-refractivity contribution in [2.24, 2.45) is 0 Å². The van der Waals surface area contributed by atoms with E-state index >= 15 is 0 Å². The van der Waals surface area contributed by atoms with Crippen LogP contribution in [-0.4, -0.2) is 33.3 Å². The van der Waals surface area contributed by atoms with Gasteiger partial charge in [-0.25, -0.2) is 0 Å². The van der Waals surface area contributed by atoms with E-state index in [1.165, 1.54) is 24.3 Å². The van der Waals surface area contributed by atoms with Crippen molar-refractivity contribution in [2.45, 2.75) is 0 Å². The highest BCUT2D eigenvalue weighted by Gasteiger charge is 2.34. The molecule has 34 heavy (non-hydrogen) atoms. The van der Waals surface area contributed by atoms with Crippen molar-refractivity contribution in [3.05, 3.63) is 129 Å². The van der Waals surface area contributed by atoms with Crippen LogP contribution in [0.2, 0.25) is 0 Å². The van der Waals surface area contributed by atoms with Gasteiger partial charge in [0.25, 0.3) is 0 Å². The highest BCUT2D eigenvalue weighted by molar-refractivity contribution is 6.30. The second-order valence-electron chi connectivity index (χ2n) is 7.81. The van der Waals surface area contributed by atoms with Crippen LogP contribution in [-0.2, 0) is 0 Å². The van der Waals surface area contributed by atoms with E-state index in [4.69, 9.17) is 0 Å². The van der Waals surface area contributed by atoms with Crippen molar-refractivity contribution in [1.29, 1.82) is 0 Å². The summed E-state index contributed by atoms with van der Waals surface area (Å²) in [7, 11) is 0. The maximum Gasteiger partial charge on any atom is 0.198 e. The molecule has 0 heterocycles. The molecule has 0 radical (unpaired) electrons. The summed E-state index contributed by atoms with van der Waals surface area (Å²) in [5.41, 5.74) is 2.26. The van der Waals surface area contributed by atoms with Crippen LogP contribution in [0.5, 0.6) is 11.5 Å². The molecule has 0 unspecified atom stereocenters. The van der Waals surface area contributed by atoms with Crippen molar-refractivity contribution in [2.75, 3.05) is 0 Å². The number of aromatic hydroxyl groups is 2. The zero-order valence-electron chi connectivity index (χ0n) is 17.6. The Balaban J connectivity index is 0.000000142. The number of fused-ring (bicyclic) bond motifs is 4. The first-order chi connectivity index (χ1) is 16.4. The lowest BCUT2D eigenvalue weighted by molar-refractivity contribution is 0.0974. The molecule has 4 aromatic carbocycles. The Bertz CT molecular complexity index is 1380. The Hall–Kier alpha value is -4.84. The quantitative estimate of drug-likeness (QED) is 0.335. The molecule has 0 bridgehead atoms. The van der Waals surface area contributed by atoms with Gasteiger partial charge in [-0.15, -0.1) is 0 Å². The highest BCUT2D eigenvalue weighted by Crippen LogP contribution is 2.37. The first-order valence-corrected chi connectivity index (χ1v) is 10.4. The molecule has 4 aromatic rings. The molecule has 0 spiro atoms. The van der Waals surface area contributed by atoms with Gasteiger partial charge in [0.1, 0.15) is 11.5 Å². The minimum Gasteiger partial charge on any atom is -0.507 e. The molecule has 2 aliphatic rings. The SMILES string of the molecule is O=C1c2ccccc2C(=O)c2c(O)ccc(O)c21.O=C1c2ccccc2C(=O)c2ccccc21. The molecule has 0 fully saturated rings. The van der Waals surface area contributed by atoms with Crippen molar-refractivity contribution >= 4 is 23.1 Å². The smallest absolute Gasteiger partial charge is 0.198 e. The van der Waals surface area contributed by atoms with Gasteiger partial charge >= 0.3 is 0 Å². The summed E-state index contributed by atoms with van der Waals surface area (Å²) in [4.78, 5) is 48.6. The van der Waals surface area contributed by atoms with Crippen molar-refractivity contribution in [1.82, 2.24) is 0 Å². The molecular weight excluding hydrogens is 432 g/mol. The Labute approximate surface area is 193 Å². The molecule has 6 rings (SSSR count). The molecular formula is C28H16O6. The van der Waals surface area contributed by atoms with Crippen LogP contribution in [0.4, 0.5) is 0 Å². The second-order valence-corrected chi connectivity index (χ2v) is 7.81. The fourth-order valence-corrected chi connectivity index (χ4v) is 4.24. The number of rotatable bonds is 0. The van der Waals surface area contributed by atoms with E-state index in [1.54, 1.807) is 60.7 Å². The lowest BCUT2D eigenvalue weighted by atomic mass is 9.83. The minimum atomic E-state index is -0.450. The van der Waals surface area contributed by atoms with Crippen LogP contribution < -0.4 is 0 Å². The third-order valence-corrected chi connectivity index (χ3v) is 5.86. The van der Waals surface area contributed by atoms with E-state index in [-0.39, 0.29) is 45.3 Å². The summed E-state index contributed by atoms with van der Waals surface area (Å²) in [6.07, 6.45) is 0. The number of carbonyl (C=O) groups is 4. The normalized spacial score (nSPS) is 13.2. The summed E-state index contributed by atoms with van der Waals surface area (Å²) in [6, 6.07) is 22.7. The maximum atomic E-state index is 12.2. The van der Waals surface area contributed by atoms with E-state index < -0.39 is 11.6 Å². The van der Waals surface area contributed by atoms with Gasteiger partial charge in [-0.05, 0) is 12.1 Å². The number of hydrogen-bond donors (Lipinski definition) is 2. The predicted octanol–water partition coefficient (Wildman–Crippen LogP) is 4.34. The first-order valence-electron chi connectivity index (χ1n) is 10.4. The highest BCUT2D eigenvalue weighted by atomic mass is 16.3. The Morgan fingerprint density at radius 1 is 0.353 bits per heavy atom. The van der Waals surface area contributed by atoms with Gasteiger partial charge in [-0.3, -0.25) is 19.2 Å². The van der Waals surface area contributed by atoms with Gasteiger partial charge < -0.3 is 10.2 Å². The number of hydrogen-bond acceptors (Lipinski definition) is 6. The van der Waals surface area contributed by atoms with Crippen LogP contribution >= 0.6 is 0 Å². The van der Waals surface area contributed by atoms with Gasteiger partial charge in [0.2, 0.25) is 0 Å². The maximum absolute atomic E-state index is 12.2. The molecule has 0 aromatic heterocycles. The number of phenols is 2. The summed E-state index contributed by atoms with van der Waals surface area (Å²) in [6.45, 7) is 0. The third-order valence-electron chi connectivity index (χ3n) is 5.86. The third kappa shape index (κ3) is 3.12. The molecule has 0 aliphatic heterocycles. The van der Waals surface area contributed by atoms with Crippen LogP contribution in [0.15, 0.2) is 84.9 Å². The zero-order valence-corrected chi connectivity index (χ0v) is 17.6. The van der Waals surface area contributed by atoms with Crippen molar-refractivity contribution in [3.63, 3.8) is 0 Å². The second kappa shape index (κ2) is 7.94. The van der Waals surface area contributed by atoms with Gasteiger partial charge in [0.05, 0.1) is 11.1 Å². The molecule has 0 saturated heterocycles. The molecule has 6 nitrogen and oxygen atoms in total. The van der Waals surface area contributed by atoms with Gasteiger partial charge in [-0.2, -0.15) is 0 Å². The van der Waals surface area contributed by atoms with Crippen molar-refractivity contribution < 1.29 is 29.4 Å². The molecule has 0 saturated carbocycles. The number of carbonyl (C=O) groups excluding carboxylic acids is 4. The largest absolute Gasteiger partial charge is 0.507 e. The summed E-state index contributed by atoms with van der Waals surface area (Å²) in [5, 5.41) is 19.4. The van der Waals surface area contributed by atoms with E-state index in [0.717, 1.165) is 0 Å². The number of ketones is 4. The lowest BCUT2D eigenvalue weighted by Crippen LogP contribution is -2.20. The standard InChI is InChI=1S/C14H8O4.C14H8O2/c15-9-5-6-10(16)12-11(9)13(17)7-3-1-2-4-8(7)14(12)18;15-13-9-5-1-2-6-10(9)14(16)12-8-4-3-7-11(12)13/h1-6,15-16H;1-8H. The molecule has 0 amide bonds. The van der Waals surface area contributed by atoms with E-state index in [0.29, 0.717) is 22.3 Å². The van der Waals surface area contributed by atoms with Gasteiger partial charge in [-0.1, -0.05) is 72.8 Å². The minimum absolute atomic E-state index is 0.0641. The molecule has 0 atom stereocenters. The van der Waals surface area contributed by atoms with Crippen molar-refractivity contribution in [3.8, 4) is 11.5 Å². The zero-order chi connectivity index (χ0) is 24.0. The van der Waals surface area contributed by atoms with E-state index in [1.807, 2.05) is 0 Å². The first kappa shape index (κ1) is 21.0. The summed E-state index contributed by atoms with van der Waals surface area (Å²) >= 11 is 0. The molecule has 2 N–H and O–H groups in total.